The zero-order chi connectivity index (χ0) is 19.3. The van der Waals surface area contributed by atoms with E-state index in [2.05, 4.69) is 15.2 Å². The second-order valence-corrected chi connectivity index (χ2v) is 5.69. The van der Waals surface area contributed by atoms with Crippen LogP contribution in [0.1, 0.15) is 10.4 Å². The number of rotatable bonds is 2. The number of nitrogen functional groups attached to an aromatic ring is 2. The number of nitrogens with one attached hydrogen (secondary N) is 1. The third-order valence-corrected chi connectivity index (χ3v) is 3.90. The van der Waals surface area contributed by atoms with Crippen molar-refractivity contribution >= 4 is 40.9 Å². The topological polar surface area (TPSA) is 152 Å². The van der Waals surface area contributed by atoms with Gasteiger partial charge in [-0.3, -0.25) is 0 Å². The third-order valence-electron chi connectivity index (χ3n) is 3.08. The van der Waals surface area contributed by atoms with Gasteiger partial charge in [0, 0.05) is 10.7 Å². The number of aromatic amines is 1. The van der Waals surface area contributed by atoms with E-state index >= 15 is 0 Å². The smallest absolute Gasteiger partial charge is 0.364 e. The summed E-state index contributed by atoms with van der Waals surface area (Å²) in [5.74, 6) is -0.763. The summed E-state index contributed by atoms with van der Waals surface area (Å²) >= 11 is 11.9. The van der Waals surface area contributed by atoms with E-state index in [1.165, 1.54) is 24.3 Å². The Kier molecular flexibility index (Phi) is 6.16. The number of hydrogen-bond acceptors (Lipinski definition) is 6. The molecule has 10 heteroatoms. The second-order valence-electron chi connectivity index (χ2n) is 4.90. The van der Waals surface area contributed by atoms with Gasteiger partial charge in [-0.2, -0.15) is 0 Å². The van der Waals surface area contributed by atoms with E-state index in [0.29, 0.717) is 21.3 Å². The highest BCUT2D eigenvalue weighted by Gasteiger charge is 2.15. The minimum atomic E-state index is -1.01. The van der Waals surface area contributed by atoms with Crippen LogP contribution in [0.15, 0.2) is 42.5 Å². The maximum atomic E-state index is 10.5. The summed E-state index contributed by atoms with van der Waals surface area (Å²) in [6.45, 7) is 0. The Labute approximate surface area is 158 Å². The Bertz CT molecular complexity index is 936. The Morgan fingerprint density at radius 3 is 2.31 bits per heavy atom. The molecule has 0 unspecified atom stereocenters. The lowest BCUT2D eigenvalue weighted by Crippen LogP contribution is -2.20. The Hall–Kier alpha value is -3.10. The minimum Gasteiger partial charge on any atom is -0.872 e. The van der Waals surface area contributed by atoms with Crippen molar-refractivity contribution in [3.63, 3.8) is 0 Å². The van der Waals surface area contributed by atoms with Crippen LogP contribution in [0.25, 0.3) is 11.3 Å². The number of aromatic nitrogens is 3. The molecule has 0 amide bonds. The molecule has 3 aromatic rings. The first-order chi connectivity index (χ1) is 12.3. The number of carbonyl (C=O) groups is 1. The lowest BCUT2D eigenvalue weighted by Gasteiger charge is -2.04. The molecule has 0 spiro atoms. The van der Waals surface area contributed by atoms with Gasteiger partial charge in [-0.25, -0.2) is 9.78 Å². The number of aromatic carboxylic acids is 1. The van der Waals surface area contributed by atoms with Crippen molar-refractivity contribution in [3.8, 4) is 17.0 Å². The van der Waals surface area contributed by atoms with Crippen LogP contribution in [-0.2, 0) is 0 Å². The SMILES string of the molecule is Nc1nnc(-c2cccc(Cl)c2Cl)c(N)[nH+]1.O=C(O)c1ccc([O-])cc1. The molecule has 0 fully saturated rings. The Morgan fingerprint density at radius 1 is 1.08 bits per heavy atom. The molecule has 1 heterocycles. The van der Waals surface area contributed by atoms with Crippen LogP contribution in [0, 0.1) is 0 Å². The van der Waals surface area contributed by atoms with Gasteiger partial charge >= 0.3 is 11.9 Å². The maximum Gasteiger partial charge on any atom is 0.364 e. The monoisotopic (exact) mass is 393 g/mol. The summed E-state index contributed by atoms with van der Waals surface area (Å²) in [5, 5.41) is 27.2. The summed E-state index contributed by atoms with van der Waals surface area (Å²) in [7, 11) is 0. The lowest BCUT2D eigenvalue weighted by atomic mass is 10.1. The van der Waals surface area contributed by atoms with E-state index in [-0.39, 0.29) is 23.1 Å². The van der Waals surface area contributed by atoms with Gasteiger partial charge in [0.1, 0.15) is 0 Å². The summed E-state index contributed by atoms with van der Waals surface area (Å²) in [5.41, 5.74) is 12.3. The number of benzene rings is 2. The van der Waals surface area contributed by atoms with Crippen molar-refractivity contribution in [1.29, 1.82) is 0 Å². The number of H-pyrrole nitrogens is 1. The molecule has 2 aromatic carbocycles. The summed E-state index contributed by atoms with van der Waals surface area (Å²) in [6, 6.07) is 10.2. The molecule has 0 saturated carbocycles. The maximum absolute atomic E-state index is 10.5. The molecule has 0 aliphatic heterocycles. The molecular weight excluding hydrogens is 381 g/mol. The second kappa shape index (κ2) is 8.32. The van der Waals surface area contributed by atoms with Gasteiger partial charge < -0.3 is 21.7 Å². The molecule has 0 saturated heterocycles. The van der Waals surface area contributed by atoms with Gasteiger partial charge in [-0.1, -0.05) is 52.6 Å². The van der Waals surface area contributed by atoms with Crippen molar-refractivity contribution in [1.82, 2.24) is 10.2 Å². The molecule has 134 valence electrons. The van der Waals surface area contributed by atoms with E-state index in [9.17, 15) is 9.90 Å². The predicted octanol–water partition coefficient (Wildman–Crippen LogP) is 1.89. The molecule has 3 rings (SSSR count). The number of nitrogens with zero attached hydrogens (tertiary/aromatic N) is 2. The number of halogens is 2. The molecule has 1 aromatic heterocycles. The van der Waals surface area contributed by atoms with Gasteiger partial charge in [-0.15, -0.1) is 5.75 Å². The molecule has 8 nitrogen and oxygen atoms in total. The van der Waals surface area contributed by atoms with Crippen molar-refractivity contribution in [3.05, 3.63) is 58.1 Å². The van der Waals surface area contributed by atoms with Crippen molar-refractivity contribution in [2.45, 2.75) is 0 Å². The van der Waals surface area contributed by atoms with E-state index in [1.54, 1.807) is 18.2 Å². The average Bonchev–Trinajstić information content (AvgIpc) is 2.59. The van der Waals surface area contributed by atoms with E-state index in [1.807, 2.05) is 0 Å². The average molecular weight is 394 g/mol. The fourth-order valence-corrected chi connectivity index (χ4v) is 2.25. The largest absolute Gasteiger partial charge is 0.872 e. The normalized spacial score (nSPS) is 9.92. The lowest BCUT2D eigenvalue weighted by molar-refractivity contribution is -0.347. The highest BCUT2D eigenvalue weighted by Crippen LogP contribution is 2.33. The Morgan fingerprint density at radius 2 is 1.73 bits per heavy atom. The number of nitrogens with two attached hydrogens (primary N) is 2. The van der Waals surface area contributed by atoms with Gasteiger partial charge in [0.05, 0.1) is 15.6 Å². The molecular formula is C16H13Cl2N5O3. The van der Waals surface area contributed by atoms with Gasteiger partial charge in [-0.05, 0) is 18.2 Å². The van der Waals surface area contributed by atoms with Crippen LogP contribution < -0.4 is 21.6 Å². The van der Waals surface area contributed by atoms with Crippen LogP contribution in [0.4, 0.5) is 11.8 Å². The van der Waals surface area contributed by atoms with E-state index in [0.717, 1.165) is 0 Å². The minimum absolute atomic E-state index is 0.138. The van der Waals surface area contributed by atoms with E-state index in [4.69, 9.17) is 39.8 Å². The highest BCUT2D eigenvalue weighted by molar-refractivity contribution is 6.43. The summed E-state index contributed by atoms with van der Waals surface area (Å²) < 4.78 is 0. The number of carboxylic acids is 1. The predicted molar refractivity (Wildman–Crippen MR) is 95.7 cm³/mol. The number of carboxylic acid groups (broad SMARTS) is 1. The third kappa shape index (κ3) is 4.71. The number of hydrogen-bond donors (Lipinski definition) is 3. The summed E-state index contributed by atoms with van der Waals surface area (Å²) in [6.07, 6.45) is 0. The molecule has 26 heavy (non-hydrogen) atoms. The molecule has 6 N–H and O–H groups in total. The van der Waals surface area contributed by atoms with E-state index < -0.39 is 5.97 Å². The first-order valence-electron chi connectivity index (χ1n) is 7.05. The van der Waals surface area contributed by atoms with Crippen molar-refractivity contribution < 1.29 is 20.0 Å². The zero-order valence-electron chi connectivity index (χ0n) is 13.1. The molecule has 0 aliphatic rings. The standard InChI is InChI=1S/C9H7Cl2N5.C7H6O3/c10-5-3-1-2-4(6(5)11)7-8(12)14-9(13)16-15-7;8-6-3-1-5(2-4-6)7(9)10/h1-3H,(H4,12,13,14,16);1-4,8H,(H,9,10). The van der Waals surface area contributed by atoms with Crippen LogP contribution >= 0.6 is 23.2 Å². The first kappa shape index (κ1) is 19.2. The van der Waals surface area contributed by atoms with Gasteiger partial charge in [0.15, 0.2) is 5.69 Å². The fraction of sp³-hybridized carbons (Fsp3) is 0. The van der Waals surface area contributed by atoms with Crippen molar-refractivity contribution in [2.24, 2.45) is 0 Å². The van der Waals surface area contributed by atoms with Crippen LogP contribution in [0.2, 0.25) is 10.0 Å². The Balaban J connectivity index is 0.000000209. The first-order valence-corrected chi connectivity index (χ1v) is 7.81. The van der Waals surface area contributed by atoms with Gasteiger partial charge in [0.2, 0.25) is 5.82 Å². The molecule has 0 atom stereocenters. The fourth-order valence-electron chi connectivity index (χ4n) is 1.86. The highest BCUT2D eigenvalue weighted by atomic mass is 35.5. The molecule has 0 bridgehead atoms. The van der Waals surface area contributed by atoms with Crippen LogP contribution in [-0.4, -0.2) is 21.3 Å². The van der Waals surface area contributed by atoms with Crippen LogP contribution in [0.3, 0.4) is 0 Å². The quantitative estimate of drug-likeness (QED) is 0.600. The van der Waals surface area contributed by atoms with Gasteiger partial charge in [0.25, 0.3) is 0 Å². The number of anilines is 2. The molecule has 0 radical (unpaired) electrons. The zero-order valence-corrected chi connectivity index (χ0v) is 14.6. The van der Waals surface area contributed by atoms with Crippen LogP contribution in [0.5, 0.6) is 5.75 Å². The van der Waals surface area contributed by atoms with Crippen molar-refractivity contribution in [2.75, 3.05) is 11.5 Å². The summed E-state index contributed by atoms with van der Waals surface area (Å²) in [4.78, 5) is 12.9. The molecule has 0 aliphatic carbocycles.